The van der Waals surface area contributed by atoms with Crippen LogP contribution in [0.25, 0.3) is 11.4 Å². The summed E-state index contributed by atoms with van der Waals surface area (Å²) in [6.07, 6.45) is 4.14. The van der Waals surface area contributed by atoms with E-state index in [1.54, 1.807) is 19.1 Å². The van der Waals surface area contributed by atoms with Crippen LogP contribution < -0.4 is 15.0 Å². The smallest absolute Gasteiger partial charge is 0.251 e. The SMILES string of the molecule is COc1ccccc1N(C(=O)Cn1nnc(-c2ccc(C)cc2)n1)[C@H](C)C(=O)NC1CCCC1. The van der Waals surface area contributed by atoms with Gasteiger partial charge in [-0.2, -0.15) is 4.80 Å². The minimum absolute atomic E-state index is 0.152. The van der Waals surface area contributed by atoms with Gasteiger partial charge in [-0.3, -0.25) is 14.5 Å². The van der Waals surface area contributed by atoms with Crippen molar-refractivity contribution in [3.8, 4) is 17.1 Å². The Labute approximate surface area is 199 Å². The molecule has 0 radical (unpaired) electrons. The van der Waals surface area contributed by atoms with E-state index >= 15 is 0 Å². The number of carbonyl (C=O) groups is 2. The molecular formula is C25H30N6O3. The van der Waals surface area contributed by atoms with Crippen LogP contribution in [0.15, 0.2) is 48.5 Å². The second-order valence-corrected chi connectivity index (χ2v) is 8.61. The first-order valence-electron chi connectivity index (χ1n) is 11.6. The fourth-order valence-electron chi connectivity index (χ4n) is 4.22. The Bertz CT molecular complexity index is 1140. The lowest BCUT2D eigenvalue weighted by molar-refractivity contribution is -0.127. The Morgan fingerprint density at radius 3 is 2.56 bits per heavy atom. The molecule has 1 aliphatic rings. The molecule has 0 saturated heterocycles. The summed E-state index contributed by atoms with van der Waals surface area (Å²) in [5.41, 5.74) is 2.46. The van der Waals surface area contributed by atoms with Gasteiger partial charge in [-0.05, 0) is 44.0 Å². The van der Waals surface area contributed by atoms with E-state index in [0.717, 1.165) is 36.8 Å². The standard InChI is InChI=1S/C25H30N6O3/c1-17-12-14-19(15-13-17)24-27-29-30(28-24)16-23(32)31(21-10-6-7-11-22(21)34-3)18(2)25(33)26-20-8-4-5-9-20/h6-7,10-15,18,20H,4-5,8-9,16H2,1-3H3,(H,26,33)/t18-/m1/s1. The maximum Gasteiger partial charge on any atom is 0.251 e. The van der Waals surface area contributed by atoms with Crippen LogP contribution in [0.2, 0.25) is 0 Å². The maximum absolute atomic E-state index is 13.5. The second kappa shape index (κ2) is 10.5. The summed E-state index contributed by atoms with van der Waals surface area (Å²) in [7, 11) is 1.54. The number of hydrogen-bond donors (Lipinski definition) is 1. The lowest BCUT2D eigenvalue weighted by Gasteiger charge is -2.30. The van der Waals surface area contributed by atoms with Crippen LogP contribution in [0.3, 0.4) is 0 Å². The molecule has 3 aromatic rings. The molecule has 1 saturated carbocycles. The van der Waals surface area contributed by atoms with E-state index < -0.39 is 6.04 Å². The highest BCUT2D eigenvalue weighted by atomic mass is 16.5. The number of aryl methyl sites for hydroxylation is 1. The molecule has 0 unspecified atom stereocenters. The van der Waals surface area contributed by atoms with Gasteiger partial charge in [-0.15, -0.1) is 10.2 Å². The lowest BCUT2D eigenvalue weighted by Crippen LogP contribution is -2.51. The molecule has 1 aromatic heterocycles. The van der Waals surface area contributed by atoms with E-state index in [9.17, 15) is 9.59 Å². The van der Waals surface area contributed by atoms with Crippen molar-refractivity contribution in [3.05, 3.63) is 54.1 Å². The number of amides is 2. The van der Waals surface area contributed by atoms with Gasteiger partial charge >= 0.3 is 0 Å². The molecule has 34 heavy (non-hydrogen) atoms. The number of carbonyl (C=O) groups excluding carboxylic acids is 2. The topological polar surface area (TPSA) is 102 Å². The average molecular weight is 463 g/mol. The number of rotatable bonds is 8. The van der Waals surface area contributed by atoms with Gasteiger partial charge in [0.25, 0.3) is 5.91 Å². The Morgan fingerprint density at radius 1 is 1.15 bits per heavy atom. The number of nitrogens with one attached hydrogen (secondary N) is 1. The van der Waals surface area contributed by atoms with Gasteiger partial charge in [0, 0.05) is 11.6 Å². The number of hydrogen-bond acceptors (Lipinski definition) is 6. The largest absolute Gasteiger partial charge is 0.495 e. The lowest BCUT2D eigenvalue weighted by atomic mass is 10.1. The van der Waals surface area contributed by atoms with Crippen molar-refractivity contribution in [2.24, 2.45) is 0 Å². The maximum atomic E-state index is 13.5. The van der Waals surface area contributed by atoms with Crippen LogP contribution in [-0.2, 0) is 16.1 Å². The van der Waals surface area contributed by atoms with Crippen molar-refractivity contribution < 1.29 is 14.3 Å². The number of para-hydroxylation sites is 2. The Kier molecular flexibility index (Phi) is 7.20. The normalized spacial score (nSPS) is 14.6. The third-order valence-corrected chi connectivity index (χ3v) is 6.12. The summed E-state index contributed by atoms with van der Waals surface area (Å²) in [5, 5.41) is 15.6. The second-order valence-electron chi connectivity index (χ2n) is 8.61. The van der Waals surface area contributed by atoms with Gasteiger partial charge in [0.2, 0.25) is 11.7 Å². The first kappa shape index (κ1) is 23.4. The molecule has 1 N–H and O–H groups in total. The van der Waals surface area contributed by atoms with Crippen molar-refractivity contribution in [1.29, 1.82) is 0 Å². The molecule has 1 atom stereocenters. The fraction of sp³-hybridized carbons (Fsp3) is 0.400. The molecular weight excluding hydrogens is 432 g/mol. The summed E-state index contributed by atoms with van der Waals surface area (Å²) in [6, 6.07) is 14.3. The Balaban J connectivity index is 1.57. The van der Waals surface area contributed by atoms with Gasteiger partial charge in [0.05, 0.1) is 12.8 Å². The number of methoxy groups -OCH3 is 1. The van der Waals surface area contributed by atoms with E-state index in [1.165, 1.54) is 16.8 Å². The summed E-state index contributed by atoms with van der Waals surface area (Å²) in [6.45, 7) is 3.56. The number of aromatic nitrogens is 4. The molecule has 0 spiro atoms. The van der Waals surface area contributed by atoms with Gasteiger partial charge in [-0.25, -0.2) is 0 Å². The Morgan fingerprint density at radius 2 is 1.85 bits per heavy atom. The van der Waals surface area contributed by atoms with Crippen LogP contribution in [0, 0.1) is 6.92 Å². The molecule has 1 aliphatic carbocycles. The van der Waals surface area contributed by atoms with E-state index in [4.69, 9.17) is 4.74 Å². The number of anilines is 1. The molecule has 1 fully saturated rings. The monoisotopic (exact) mass is 462 g/mol. The zero-order valence-corrected chi connectivity index (χ0v) is 19.8. The van der Waals surface area contributed by atoms with Crippen LogP contribution >= 0.6 is 0 Å². The van der Waals surface area contributed by atoms with Crippen molar-refractivity contribution in [2.75, 3.05) is 12.0 Å². The minimum atomic E-state index is -0.746. The van der Waals surface area contributed by atoms with Crippen LogP contribution in [-0.4, -0.2) is 51.2 Å². The minimum Gasteiger partial charge on any atom is -0.495 e. The molecule has 0 aliphatic heterocycles. The Hall–Kier alpha value is -3.75. The van der Waals surface area contributed by atoms with Crippen molar-refractivity contribution >= 4 is 17.5 Å². The summed E-state index contributed by atoms with van der Waals surface area (Å²) in [4.78, 5) is 29.3. The summed E-state index contributed by atoms with van der Waals surface area (Å²) in [5.74, 6) is 0.399. The first-order chi connectivity index (χ1) is 16.5. The highest BCUT2D eigenvalue weighted by molar-refractivity contribution is 6.01. The zero-order valence-electron chi connectivity index (χ0n) is 19.8. The van der Waals surface area contributed by atoms with Gasteiger partial charge < -0.3 is 10.1 Å². The predicted octanol–water partition coefficient (Wildman–Crippen LogP) is 3.14. The third-order valence-electron chi connectivity index (χ3n) is 6.12. The predicted molar refractivity (Wildman–Crippen MR) is 128 cm³/mol. The molecule has 2 amide bonds. The van der Waals surface area contributed by atoms with E-state index in [1.807, 2.05) is 43.3 Å². The number of tetrazole rings is 1. The van der Waals surface area contributed by atoms with Crippen LogP contribution in [0.4, 0.5) is 5.69 Å². The first-order valence-corrected chi connectivity index (χ1v) is 11.6. The van der Waals surface area contributed by atoms with E-state index in [2.05, 4.69) is 20.7 Å². The van der Waals surface area contributed by atoms with Crippen molar-refractivity contribution in [2.45, 2.75) is 58.2 Å². The molecule has 2 aromatic carbocycles. The molecule has 9 nitrogen and oxygen atoms in total. The molecule has 0 bridgehead atoms. The van der Waals surface area contributed by atoms with Gasteiger partial charge in [-0.1, -0.05) is 54.8 Å². The summed E-state index contributed by atoms with van der Waals surface area (Å²) >= 11 is 0. The average Bonchev–Trinajstić information content (AvgIpc) is 3.52. The van der Waals surface area contributed by atoms with Crippen LogP contribution in [0.1, 0.15) is 38.2 Å². The van der Waals surface area contributed by atoms with E-state index in [-0.39, 0.29) is 24.4 Å². The van der Waals surface area contributed by atoms with E-state index in [0.29, 0.717) is 17.3 Å². The molecule has 178 valence electrons. The zero-order chi connectivity index (χ0) is 24.1. The van der Waals surface area contributed by atoms with Gasteiger partial charge in [0.15, 0.2) is 0 Å². The van der Waals surface area contributed by atoms with Crippen LogP contribution in [0.5, 0.6) is 5.75 Å². The molecule has 4 rings (SSSR count). The molecule has 9 heteroatoms. The fourth-order valence-corrected chi connectivity index (χ4v) is 4.22. The third kappa shape index (κ3) is 5.24. The van der Waals surface area contributed by atoms with Gasteiger partial charge in [0.1, 0.15) is 18.3 Å². The highest BCUT2D eigenvalue weighted by Gasteiger charge is 2.31. The highest BCUT2D eigenvalue weighted by Crippen LogP contribution is 2.30. The van der Waals surface area contributed by atoms with Crippen molar-refractivity contribution in [1.82, 2.24) is 25.5 Å². The van der Waals surface area contributed by atoms with Crippen molar-refractivity contribution in [3.63, 3.8) is 0 Å². The molecule has 1 heterocycles. The number of nitrogens with zero attached hydrogens (tertiary/aromatic N) is 5. The number of benzene rings is 2. The quantitative estimate of drug-likeness (QED) is 0.552. The number of ether oxygens (including phenoxy) is 1. The summed E-state index contributed by atoms with van der Waals surface area (Å²) < 4.78 is 5.49.